The van der Waals surface area contributed by atoms with Gasteiger partial charge in [0.15, 0.2) is 0 Å². The van der Waals surface area contributed by atoms with Crippen LogP contribution in [0.2, 0.25) is 0 Å². The molecule has 8 nitrogen and oxygen atoms in total. The topological polar surface area (TPSA) is 92.6 Å². The molecule has 2 aromatic heterocycles. The first-order valence-corrected chi connectivity index (χ1v) is 11.9. The molecule has 1 saturated heterocycles. The number of hydrogen-bond acceptors (Lipinski definition) is 6. The molecule has 4 rings (SSSR count). The van der Waals surface area contributed by atoms with Crippen LogP contribution in [0.4, 0.5) is 0 Å². The van der Waals surface area contributed by atoms with Crippen molar-refractivity contribution in [3.8, 4) is 0 Å². The molecule has 2 amide bonds. The molecule has 29 heavy (non-hydrogen) atoms. The van der Waals surface area contributed by atoms with E-state index < -0.39 is 9.84 Å². The Morgan fingerprint density at radius 3 is 2.38 bits per heavy atom. The number of rotatable bonds is 4. The maximum atomic E-state index is 12.9. The lowest BCUT2D eigenvalue weighted by Gasteiger charge is -2.34. The number of benzene rings is 1. The quantitative estimate of drug-likeness (QED) is 0.623. The predicted octanol–water partition coefficient (Wildman–Crippen LogP) is 1.49. The van der Waals surface area contributed by atoms with E-state index >= 15 is 0 Å². The Morgan fingerprint density at radius 2 is 1.72 bits per heavy atom. The number of thiophene rings is 1. The molecule has 0 saturated carbocycles. The highest BCUT2D eigenvalue weighted by atomic mass is 32.2. The molecule has 0 spiro atoms. The minimum Gasteiger partial charge on any atom is -0.338 e. The van der Waals surface area contributed by atoms with E-state index in [9.17, 15) is 18.0 Å². The summed E-state index contributed by atoms with van der Waals surface area (Å²) in [6, 6.07) is 10.7. The second-order valence-electron chi connectivity index (χ2n) is 6.89. The van der Waals surface area contributed by atoms with Crippen molar-refractivity contribution in [2.24, 2.45) is 0 Å². The molecule has 1 fully saturated rings. The highest BCUT2D eigenvalue weighted by Gasteiger charge is 2.27. The summed E-state index contributed by atoms with van der Waals surface area (Å²) >= 11 is 1.40. The predicted molar refractivity (Wildman–Crippen MR) is 110 cm³/mol. The van der Waals surface area contributed by atoms with Crippen molar-refractivity contribution in [1.29, 1.82) is 0 Å². The molecule has 3 aromatic rings. The summed E-state index contributed by atoms with van der Waals surface area (Å²) in [6.07, 6.45) is 1.09. The van der Waals surface area contributed by atoms with Gasteiger partial charge in [-0.25, -0.2) is 13.4 Å². The Labute approximate surface area is 172 Å². The van der Waals surface area contributed by atoms with Gasteiger partial charge in [0.05, 0.1) is 15.9 Å². The van der Waals surface area contributed by atoms with Crippen LogP contribution in [0.25, 0.3) is 11.0 Å². The smallest absolute Gasteiger partial charge is 0.264 e. The molecule has 1 aromatic carbocycles. The van der Waals surface area contributed by atoms with E-state index in [4.69, 9.17) is 0 Å². The zero-order valence-corrected chi connectivity index (χ0v) is 17.4. The summed E-state index contributed by atoms with van der Waals surface area (Å²) in [7, 11) is -3.59. The number of imidazole rings is 1. The van der Waals surface area contributed by atoms with Gasteiger partial charge in [0.2, 0.25) is 20.9 Å². The van der Waals surface area contributed by atoms with Gasteiger partial charge in [-0.2, -0.15) is 0 Å². The molecule has 0 atom stereocenters. The first-order chi connectivity index (χ1) is 13.8. The molecule has 0 aliphatic carbocycles. The van der Waals surface area contributed by atoms with E-state index in [1.807, 2.05) is 11.4 Å². The third-order valence-electron chi connectivity index (χ3n) is 4.90. The van der Waals surface area contributed by atoms with E-state index in [1.165, 1.54) is 15.9 Å². The summed E-state index contributed by atoms with van der Waals surface area (Å²) in [4.78, 5) is 33.6. The summed E-state index contributed by atoms with van der Waals surface area (Å²) < 4.78 is 25.8. The van der Waals surface area contributed by atoms with Crippen molar-refractivity contribution in [2.45, 2.75) is 11.7 Å². The van der Waals surface area contributed by atoms with Gasteiger partial charge in [0.25, 0.3) is 5.91 Å². The number of carbonyl (C=O) groups excluding carboxylic acids is 2. The first kappa shape index (κ1) is 19.6. The lowest BCUT2D eigenvalue weighted by Crippen LogP contribution is -2.51. The Balaban J connectivity index is 1.49. The van der Waals surface area contributed by atoms with Crippen LogP contribution in [0.5, 0.6) is 0 Å². The van der Waals surface area contributed by atoms with Gasteiger partial charge < -0.3 is 14.4 Å². The lowest BCUT2D eigenvalue weighted by molar-refractivity contribution is -0.133. The van der Waals surface area contributed by atoms with Crippen molar-refractivity contribution in [3.05, 3.63) is 46.7 Å². The number of fused-ring (bicyclic) bond motifs is 1. The Kier molecular flexibility index (Phi) is 5.13. The summed E-state index contributed by atoms with van der Waals surface area (Å²) in [5.41, 5.74) is 1.14. The Bertz CT molecular complexity index is 1160. The van der Waals surface area contributed by atoms with Crippen LogP contribution in [0.15, 0.2) is 46.9 Å². The Morgan fingerprint density at radius 1 is 1.03 bits per heavy atom. The number of sulfone groups is 1. The maximum absolute atomic E-state index is 12.9. The maximum Gasteiger partial charge on any atom is 0.264 e. The minimum atomic E-state index is -3.59. The van der Waals surface area contributed by atoms with E-state index in [2.05, 4.69) is 4.98 Å². The SMILES string of the molecule is CS(=O)(=O)c1nc2ccccc2n1CC(=O)N1CCN(C(=O)c2cccs2)CC1. The van der Waals surface area contributed by atoms with Gasteiger partial charge in [-0.15, -0.1) is 11.3 Å². The van der Waals surface area contributed by atoms with Crippen LogP contribution in [-0.4, -0.2) is 72.0 Å². The average molecular weight is 433 g/mol. The van der Waals surface area contributed by atoms with E-state index in [0.717, 1.165) is 6.26 Å². The summed E-state index contributed by atoms with van der Waals surface area (Å²) in [5, 5.41) is 1.75. The Hall–Kier alpha value is -2.72. The minimum absolute atomic E-state index is 0.0212. The lowest BCUT2D eigenvalue weighted by atomic mass is 10.2. The van der Waals surface area contributed by atoms with E-state index in [-0.39, 0.29) is 23.5 Å². The molecular weight excluding hydrogens is 412 g/mol. The number of nitrogens with zero attached hydrogens (tertiary/aromatic N) is 4. The molecular formula is C19H20N4O4S2. The van der Waals surface area contributed by atoms with Gasteiger partial charge in [0.1, 0.15) is 6.54 Å². The fourth-order valence-electron chi connectivity index (χ4n) is 3.44. The molecule has 0 N–H and O–H groups in total. The number of amides is 2. The van der Waals surface area contributed by atoms with Crippen LogP contribution in [0.1, 0.15) is 9.67 Å². The van der Waals surface area contributed by atoms with Crippen LogP contribution >= 0.6 is 11.3 Å². The van der Waals surface area contributed by atoms with E-state index in [0.29, 0.717) is 42.1 Å². The van der Waals surface area contributed by atoms with Gasteiger partial charge in [-0.3, -0.25) is 9.59 Å². The van der Waals surface area contributed by atoms with Crippen molar-refractivity contribution < 1.29 is 18.0 Å². The fraction of sp³-hybridized carbons (Fsp3) is 0.316. The molecule has 152 valence electrons. The third-order valence-corrected chi connectivity index (χ3v) is 6.73. The number of aromatic nitrogens is 2. The molecule has 0 radical (unpaired) electrons. The fourth-order valence-corrected chi connectivity index (χ4v) is 4.96. The van der Waals surface area contributed by atoms with Gasteiger partial charge in [0, 0.05) is 32.4 Å². The second-order valence-corrected chi connectivity index (χ2v) is 9.75. The summed E-state index contributed by atoms with van der Waals surface area (Å²) in [6.45, 7) is 1.62. The van der Waals surface area contributed by atoms with Crippen LogP contribution in [-0.2, 0) is 21.2 Å². The normalized spacial score (nSPS) is 15.1. The first-order valence-electron chi connectivity index (χ1n) is 9.10. The molecule has 0 bridgehead atoms. The van der Waals surface area contributed by atoms with Crippen molar-refractivity contribution >= 4 is 44.0 Å². The molecule has 1 aliphatic rings. The number of hydrogen-bond donors (Lipinski definition) is 0. The van der Waals surface area contributed by atoms with Gasteiger partial charge in [-0.1, -0.05) is 18.2 Å². The largest absolute Gasteiger partial charge is 0.338 e. The van der Waals surface area contributed by atoms with Crippen molar-refractivity contribution in [3.63, 3.8) is 0 Å². The van der Waals surface area contributed by atoms with E-state index in [1.54, 1.807) is 40.1 Å². The van der Waals surface area contributed by atoms with Crippen LogP contribution < -0.4 is 0 Å². The number of carbonyl (C=O) groups is 2. The zero-order valence-electron chi connectivity index (χ0n) is 15.8. The van der Waals surface area contributed by atoms with Gasteiger partial charge in [-0.05, 0) is 23.6 Å². The van der Waals surface area contributed by atoms with Crippen molar-refractivity contribution in [1.82, 2.24) is 19.4 Å². The van der Waals surface area contributed by atoms with Gasteiger partial charge >= 0.3 is 0 Å². The standard InChI is InChI=1S/C19H20N4O4S2/c1-29(26,27)19-20-14-5-2-3-6-15(14)23(19)13-17(24)21-8-10-22(11-9-21)18(25)16-7-4-12-28-16/h2-7,12H,8-11,13H2,1H3. The molecule has 10 heteroatoms. The number of piperazine rings is 1. The highest BCUT2D eigenvalue weighted by Crippen LogP contribution is 2.20. The summed E-state index contributed by atoms with van der Waals surface area (Å²) in [5.74, 6) is -0.214. The molecule has 1 aliphatic heterocycles. The molecule has 3 heterocycles. The number of para-hydroxylation sites is 2. The average Bonchev–Trinajstić information content (AvgIpc) is 3.36. The zero-order chi connectivity index (χ0) is 20.6. The van der Waals surface area contributed by atoms with Crippen LogP contribution in [0, 0.1) is 0 Å². The highest BCUT2D eigenvalue weighted by molar-refractivity contribution is 7.90. The molecule has 0 unspecified atom stereocenters. The van der Waals surface area contributed by atoms with Crippen LogP contribution in [0.3, 0.4) is 0 Å². The monoisotopic (exact) mass is 432 g/mol. The second kappa shape index (κ2) is 7.60. The third kappa shape index (κ3) is 3.90. The van der Waals surface area contributed by atoms with Crippen molar-refractivity contribution in [2.75, 3.05) is 32.4 Å².